The fourth-order valence-corrected chi connectivity index (χ4v) is 11.4. The topological polar surface area (TPSA) is 228 Å². The molecule has 14 nitrogen and oxygen atoms in total. The van der Waals surface area contributed by atoms with Crippen molar-refractivity contribution in [2.45, 2.75) is 351 Å². The van der Waals surface area contributed by atoms with Crippen LogP contribution in [0.25, 0.3) is 0 Å². The van der Waals surface area contributed by atoms with Gasteiger partial charge < -0.3 is 65.1 Å². The van der Waals surface area contributed by atoms with Crippen molar-refractivity contribution in [1.82, 2.24) is 5.32 Å². The molecule has 1 amide bonds. The Hall–Kier alpha value is -3.35. The first kappa shape index (κ1) is 83.7. The van der Waals surface area contributed by atoms with Crippen molar-refractivity contribution in [3.63, 3.8) is 0 Å². The highest BCUT2D eigenvalue weighted by molar-refractivity contribution is 5.76. The van der Waals surface area contributed by atoms with Gasteiger partial charge in [-0.25, -0.2) is 0 Å². The van der Waals surface area contributed by atoms with Crippen LogP contribution in [0.3, 0.4) is 0 Å². The predicted octanol–water partition coefficient (Wildman–Crippen LogP) is 15.5. The monoisotopic (exact) mass is 1280 g/mol. The van der Waals surface area contributed by atoms with Gasteiger partial charge in [-0.05, 0) is 96.3 Å². The summed E-state index contributed by atoms with van der Waals surface area (Å²) in [6.45, 7) is 2.68. The Morgan fingerprint density at radius 3 is 1.21 bits per heavy atom. The Morgan fingerprint density at radius 2 is 0.769 bits per heavy atom. The van der Waals surface area contributed by atoms with E-state index in [-0.39, 0.29) is 18.9 Å². The van der Waals surface area contributed by atoms with Crippen LogP contribution in [0.2, 0.25) is 0 Å². The largest absolute Gasteiger partial charge is 0.394 e. The number of aliphatic hydroxyl groups excluding tert-OH is 8. The first-order chi connectivity index (χ1) is 44.6. The molecule has 0 aromatic rings. The summed E-state index contributed by atoms with van der Waals surface area (Å²) >= 11 is 0. The molecule has 0 saturated carbocycles. The average Bonchev–Trinajstić information content (AvgIpc) is 0.888. The number of aliphatic hydroxyl groups is 8. The fourth-order valence-electron chi connectivity index (χ4n) is 11.4. The van der Waals surface area contributed by atoms with Gasteiger partial charge in [-0.3, -0.25) is 4.79 Å². The van der Waals surface area contributed by atoms with E-state index in [0.717, 1.165) is 83.5 Å². The van der Waals surface area contributed by atoms with Crippen LogP contribution >= 0.6 is 0 Å². The maximum atomic E-state index is 13.3. The number of rotatable bonds is 59. The lowest BCUT2D eigenvalue weighted by Gasteiger charge is -2.46. The molecule has 2 rings (SSSR count). The number of unbranched alkanes of at least 4 members (excludes halogenated alkanes) is 30. The summed E-state index contributed by atoms with van der Waals surface area (Å²) in [5.74, 6) is -0.254. The van der Waals surface area contributed by atoms with Crippen molar-refractivity contribution in [3.8, 4) is 0 Å². The quantitative estimate of drug-likeness (QED) is 0.0204. The fraction of sp³-hybridized carbons (Fsp3) is 0.753. The van der Waals surface area contributed by atoms with E-state index in [2.05, 4.69) is 116 Å². The summed E-state index contributed by atoms with van der Waals surface area (Å²) < 4.78 is 22.8. The molecule has 2 aliphatic heterocycles. The van der Waals surface area contributed by atoms with E-state index in [9.17, 15) is 45.6 Å². The second-order valence-electron chi connectivity index (χ2n) is 25.3. The Kier molecular flexibility index (Phi) is 55.5. The highest BCUT2D eigenvalue weighted by Crippen LogP contribution is 2.30. The van der Waals surface area contributed by atoms with Crippen molar-refractivity contribution in [1.29, 1.82) is 0 Å². The highest BCUT2D eigenvalue weighted by atomic mass is 16.7. The zero-order valence-electron chi connectivity index (χ0n) is 57.1. The molecule has 2 fully saturated rings. The molecule has 9 N–H and O–H groups in total. The minimum Gasteiger partial charge on any atom is -0.394 e. The van der Waals surface area contributed by atoms with Crippen LogP contribution in [0, 0.1) is 0 Å². The zero-order valence-corrected chi connectivity index (χ0v) is 57.1. The second-order valence-corrected chi connectivity index (χ2v) is 25.3. The Morgan fingerprint density at radius 1 is 0.407 bits per heavy atom. The van der Waals surface area contributed by atoms with Gasteiger partial charge in [0.1, 0.15) is 48.8 Å². The smallest absolute Gasteiger partial charge is 0.220 e. The number of carbonyl (C=O) groups excluding carboxylic acids is 1. The molecule has 2 saturated heterocycles. The molecule has 0 aromatic heterocycles. The van der Waals surface area contributed by atoms with Crippen LogP contribution in [0.1, 0.15) is 277 Å². The van der Waals surface area contributed by atoms with Crippen molar-refractivity contribution >= 4 is 5.91 Å². The van der Waals surface area contributed by atoms with Crippen LogP contribution < -0.4 is 5.32 Å². The van der Waals surface area contributed by atoms with E-state index in [1.165, 1.54) is 161 Å². The molecule has 12 atom stereocenters. The lowest BCUT2D eigenvalue weighted by atomic mass is 9.97. The molecular weight excluding hydrogens is 1150 g/mol. The lowest BCUT2D eigenvalue weighted by Crippen LogP contribution is -2.65. The summed E-state index contributed by atoms with van der Waals surface area (Å²) in [7, 11) is 0. The normalized spacial score (nSPS) is 23.5. The number of hydrogen-bond donors (Lipinski definition) is 9. The van der Waals surface area contributed by atoms with E-state index in [1.807, 2.05) is 6.08 Å². The van der Waals surface area contributed by atoms with Crippen molar-refractivity contribution in [3.05, 3.63) is 109 Å². The number of allylic oxidation sites excluding steroid dienone is 17. The first-order valence-corrected chi connectivity index (χ1v) is 36.6. The summed E-state index contributed by atoms with van der Waals surface area (Å²) in [4.78, 5) is 13.3. The molecular formula is C77H133NO13. The first-order valence-electron chi connectivity index (χ1n) is 36.6. The third kappa shape index (κ3) is 44.1. The zero-order chi connectivity index (χ0) is 65.9. The van der Waals surface area contributed by atoms with Gasteiger partial charge in [-0.2, -0.15) is 0 Å². The third-order valence-corrected chi connectivity index (χ3v) is 17.2. The number of hydrogen-bond acceptors (Lipinski definition) is 13. The van der Waals surface area contributed by atoms with Gasteiger partial charge in [-0.1, -0.05) is 284 Å². The van der Waals surface area contributed by atoms with Crippen molar-refractivity contribution in [2.24, 2.45) is 0 Å². The Labute approximate surface area is 553 Å². The summed E-state index contributed by atoms with van der Waals surface area (Å²) in [5.41, 5.74) is 0. The van der Waals surface area contributed by atoms with Gasteiger partial charge in [-0.15, -0.1) is 0 Å². The number of amides is 1. The second kappa shape index (κ2) is 60.3. The number of carbonyl (C=O) groups is 1. The van der Waals surface area contributed by atoms with Crippen molar-refractivity contribution < 1.29 is 64.6 Å². The van der Waals surface area contributed by atoms with Gasteiger partial charge in [0.05, 0.1) is 32.0 Å². The van der Waals surface area contributed by atoms with Crippen molar-refractivity contribution in [2.75, 3.05) is 19.8 Å². The van der Waals surface area contributed by atoms with E-state index >= 15 is 0 Å². The van der Waals surface area contributed by atoms with Gasteiger partial charge in [0.25, 0.3) is 0 Å². The molecule has 0 spiro atoms. The lowest BCUT2D eigenvalue weighted by molar-refractivity contribution is -0.359. The van der Waals surface area contributed by atoms with Gasteiger partial charge in [0.2, 0.25) is 5.91 Å². The van der Waals surface area contributed by atoms with Gasteiger partial charge in [0, 0.05) is 6.42 Å². The molecule has 524 valence electrons. The van der Waals surface area contributed by atoms with E-state index in [4.69, 9.17) is 18.9 Å². The summed E-state index contributed by atoms with van der Waals surface area (Å²) in [5, 5.41) is 87.5. The predicted molar refractivity (Wildman–Crippen MR) is 373 cm³/mol. The minimum absolute atomic E-state index is 0.254. The van der Waals surface area contributed by atoms with Gasteiger partial charge >= 0.3 is 0 Å². The van der Waals surface area contributed by atoms with Crippen LogP contribution in [0.5, 0.6) is 0 Å². The highest BCUT2D eigenvalue weighted by Gasteiger charge is 2.51. The minimum atomic E-state index is -1.80. The molecule has 0 aliphatic carbocycles. The maximum absolute atomic E-state index is 13.3. The molecule has 14 heteroatoms. The third-order valence-electron chi connectivity index (χ3n) is 17.2. The maximum Gasteiger partial charge on any atom is 0.220 e. The molecule has 12 unspecified atom stereocenters. The molecule has 0 bridgehead atoms. The summed E-state index contributed by atoms with van der Waals surface area (Å²) in [6, 6.07) is -0.945. The molecule has 0 radical (unpaired) electrons. The number of ether oxygens (including phenoxy) is 4. The molecule has 2 aliphatic rings. The van der Waals surface area contributed by atoms with Gasteiger partial charge in [0.15, 0.2) is 12.6 Å². The standard InChI is InChI=1S/C77H133NO13/c1-3-5-7-9-11-13-15-17-19-21-23-25-27-28-29-30-31-32-33-34-35-36-37-38-39-41-43-45-47-49-51-53-55-57-59-61-69(82)78-65(64-88-76-74(87)72(85)75(68(63-80)90-76)91-77-73(86)71(84)70(83)67(62-79)89-77)66(81)60-58-56-54-52-50-48-46-44-42-40-26-24-22-20-18-16-14-12-10-8-6-4-2/h5,7,11,13,17,19,23,25,28-29,31-32,42,44,50,52,58,60,65-68,70-77,79-81,83-87H,3-4,6,8-10,12,14-16,18,20-22,24,26-27,30,33-41,43,45-49,51,53-57,59,61-64H2,1-2H3,(H,78,82)/b7-5-,13-11-,19-17-,25-23-,29-28-,32-31-,44-42+,52-50+,60-58+. The SMILES string of the molecule is CC/C=C\C/C=C\C/C=C\C/C=C\C/C=C\C/C=C\CCCCCCCCCCCCCCCCCCC(=O)NC(COC1OC(CO)C(OC2OC(CO)C(O)C(O)C2O)C(O)C1O)C(O)/C=C/CC/C=C/CC/C=C/CCCCCCCCCCCCCC. The molecule has 2 heterocycles. The molecule has 91 heavy (non-hydrogen) atoms. The summed E-state index contributed by atoms with van der Waals surface area (Å²) in [6.07, 6.45) is 70.0. The van der Waals surface area contributed by atoms with Crippen LogP contribution in [-0.2, 0) is 23.7 Å². The average molecular weight is 1280 g/mol. The Balaban J connectivity index is 1.66. The van der Waals surface area contributed by atoms with E-state index < -0.39 is 86.8 Å². The Bertz CT molecular complexity index is 1950. The van der Waals surface area contributed by atoms with Crippen LogP contribution in [0.4, 0.5) is 0 Å². The van der Waals surface area contributed by atoms with E-state index in [1.54, 1.807) is 6.08 Å². The molecule has 0 aromatic carbocycles. The van der Waals surface area contributed by atoms with Crippen LogP contribution in [-0.4, -0.2) is 140 Å². The van der Waals surface area contributed by atoms with E-state index in [0.29, 0.717) is 12.8 Å². The van der Waals surface area contributed by atoms with Crippen LogP contribution in [0.15, 0.2) is 109 Å². The number of nitrogens with one attached hydrogen (secondary N) is 1.